The number of likely N-dealkylation sites (N-methyl/N-ethyl adjacent to an activating group) is 1. The number of nitrogens with zero attached hydrogens (tertiary/aromatic N) is 2. The van der Waals surface area contributed by atoms with Gasteiger partial charge in [-0.1, -0.05) is 61.0 Å². The summed E-state index contributed by atoms with van der Waals surface area (Å²) in [6.07, 6.45) is 0.321. The lowest BCUT2D eigenvalue weighted by molar-refractivity contribution is -0.140. The summed E-state index contributed by atoms with van der Waals surface area (Å²) in [7, 11) is -2.76. The fraction of sp³-hybridized carbons (Fsp3) is 0.310. The van der Waals surface area contributed by atoms with Crippen molar-refractivity contribution in [1.29, 1.82) is 0 Å². The lowest BCUT2D eigenvalue weighted by atomic mass is 10.1. The summed E-state index contributed by atoms with van der Waals surface area (Å²) in [6.45, 7) is 5.27. The Bertz CT molecular complexity index is 1400. The molecule has 0 fully saturated rings. The molecule has 1 N–H and O–H groups in total. The number of amides is 2. The number of ether oxygens (including phenoxy) is 1. The summed E-state index contributed by atoms with van der Waals surface area (Å²) in [5, 5.41) is 3.22. The van der Waals surface area contributed by atoms with Crippen LogP contribution in [0.15, 0.2) is 77.7 Å². The Morgan fingerprint density at radius 1 is 1.00 bits per heavy atom. The Labute approximate surface area is 235 Å². The molecule has 8 nitrogen and oxygen atoms in total. The Kier molecular flexibility index (Phi) is 10.4. The van der Waals surface area contributed by atoms with Crippen LogP contribution in [-0.4, -0.2) is 51.4 Å². The summed E-state index contributed by atoms with van der Waals surface area (Å²) in [6, 6.07) is 19.2. The van der Waals surface area contributed by atoms with Crippen molar-refractivity contribution in [3.05, 3.63) is 88.9 Å². The van der Waals surface area contributed by atoms with E-state index in [1.54, 1.807) is 74.5 Å². The lowest BCUT2D eigenvalue weighted by Gasteiger charge is -2.33. The quantitative estimate of drug-likeness (QED) is 0.337. The molecule has 0 unspecified atom stereocenters. The second-order valence-corrected chi connectivity index (χ2v) is 11.2. The van der Waals surface area contributed by atoms with E-state index in [1.165, 1.54) is 24.1 Å². The van der Waals surface area contributed by atoms with Crippen LogP contribution in [0.4, 0.5) is 5.69 Å². The summed E-state index contributed by atoms with van der Waals surface area (Å²) < 4.78 is 34.4. The fourth-order valence-electron chi connectivity index (χ4n) is 4.25. The van der Waals surface area contributed by atoms with Gasteiger partial charge in [-0.3, -0.25) is 13.9 Å². The van der Waals surface area contributed by atoms with Crippen LogP contribution in [0.25, 0.3) is 0 Å². The predicted octanol–water partition coefficient (Wildman–Crippen LogP) is 4.80. The van der Waals surface area contributed by atoms with Gasteiger partial charge in [0.1, 0.15) is 18.3 Å². The minimum atomic E-state index is -4.20. The molecule has 39 heavy (non-hydrogen) atoms. The first kappa shape index (κ1) is 30.0. The number of sulfonamides is 1. The van der Waals surface area contributed by atoms with E-state index in [1.807, 2.05) is 6.92 Å². The van der Waals surface area contributed by atoms with E-state index in [9.17, 15) is 18.0 Å². The molecule has 3 aromatic rings. The molecule has 0 saturated heterocycles. The molecule has 0 aliphatic heterocycles. The number of hydrogen-bond acceptors (Lipinski definition) is 5. The van der Waals surface area contributed by atoms with E-state index in [0.29, 0.717) is 29.3 Å². The molecule has 3 rings (SSSR count). The molecular weight excluding hydrogens is 538 g/mol. The average molecular weight is 572 g/mol. The number of carbonyl (C=O) groups is 2. The number of aryl methyl sites for hydroxylation is 1. The van der Waals surface area contributed by atoms with Gasteiger partial charge in [-0.25, -0.2) is 8.42 Å². The van der Waals surface area contributed by atoms with Crippen molar-refractivity contribution in [2.45, 2.75) is 44.7 Å². The van der Waals surface area contributed by atoms with E-state index < -0.39 is 28.5 Å². The minimum absolute atomic E-state index is 0.0229. The molecule has 0 aliphatic carbocycles. The highest BCUT2D eigenvalue weighted by Crippen LogP contribution is 2.34. The smallest absolute Gasteiger partial charge is 0.264 e. The number of methoxy groups -OCH3 is 1. The van der Waals surface area contributed by atoms with Crippen LogP contribution >= 0.6 is 11.6 Å². The summed E-state index contributed by atoms with van der Waals surface area (Å²) in [4.78, 5) is 28.5. The van der Waals surface area contributed by atoms with Crippen molar-refractivity contribution in [3.63, 3.8) is 0 Å². The van der Waals surface area contributed by atoms with E-state index in [2.05, 4.69) is 5.32 Å². The van der Waals surface area contributed by atoms with Gasteiger partial charge in [0.25, 0.3) is 10.0 Å². The molecule has 0 saturated carbocycles. The SMILES string of the molecule is CCNC(=O)[C@@H](CC)N(Cc1ccccc1Cl)C(=O)CN(c1cc(C)ccc1OC)S(=O)(=O)c1ccccc1. The second-order valence-electron chi connectivity index (χ2n) is 8.93. The maximum absolute atomic E-state index is 14.1. The standard InChI is InChI=1S/C29H34ClN3O5S/c1-5-25(29(35)31-6-2)32(19-22-12-10-11-15-24(22)30)28(34)20-33(26-18-21(3)16-17-27(26)38-4)39(36,37)23-13-8-7-9-14-23/h7-18,25H,5-6,19-20H2,1-4H3,(H,31,35)/t25-/m1/s1. The van der Waals surface area contributed by atoms with Crippen LogP contribution in [0.2, 0.25) is 5.02 Å². The van der Waals surface area contributed by atoms with Crippen LogP contribution in [0.5, 0.6) is 5.75 Å². The largest absolute Gasteiger partial charge is 0.495 e. The first-order chi connectivity index (χ1) is 18.6. The number of benzene rings is 3. The van der Waals surface area contributed by atoms with E-state index in [-0.39, 0.29) is 23.0 Å². The predicted molar refractivity (Wildman–Crippen MR) is 153 cm³/mol. The third-order valence-electron chi connectivity index (χ3n) is 6.25. The van der Waals surface area contributed by atoms with Crippen molar-refractivity contribution in [3.8, 4) is 5.75 Å². The van der Waals surface area contributed by atoms with Crippen molar-refractivity contribution in [2.24, 2.45) is 0 Å². The first-order valence-corrected chi connectivity index (χ1v) is 14.5. The Morgan fingerprint density at radius 2 is 1.67 bits per heavy atom. The Balaban J connectivity index is 2.13. The number of hydrogen-bond donors (Lipinski definition) is 1. The van der Waals surface area contributed by atoms with Gasteiger partial charge in [-0.05, 0) is 61.7 Å². The van der Waals surface area contributed by atoms with Gasteiger partial charge in [-0.15, -0.1) is 0 Å². The highest BCUT2D eigenvalue weighted by atomic mass is 35.5. The van der Waals surface area contributed by atoms with Crippen molar-refractivity contribution in [2.75, 3.05) is 24.5 Å². The van der Waals surface area contributed by atoms with Crippen LogP contribution < -0.4 is 14.4 Å². The van der Waals surface area contributed by atoms with Crippen LogP contribution in [-0.2, 0) is 26.2 Å². The molecule has 0 aromatic heterocycles. The molecular formula is C29H34ClN3O5S. The van der Waals surface area contributed by atoms with Gasteiger partial charge in [0, 0.05) is 18.1 Å². The normalized spacial score (nSPS) is 11.9. The van der Waals surface area contributed by atoms with Crippen LogP contribution in [0.3, 0.4) is 0 Å². The second kappa shape index (κ2) is 13.5. The minimum Gasteiger partial charge on any atom is -0.495 e. The number of carbonyl (C=O) groups excluding carboxylic acids is 2. The molecule has 1 atom stereocenters. The molecule has 0 bridgehead atoms. The Morgan fingerprint density at radius 3 is 2.28 bits per heavy atom. The third kappa shape index (κ3) is 7.10. The van der Waals surface area contributed by atoms with Gasteiger partial charge in [0.15, 0.2) is 0 Å². The average Bonchev–Trinajstić information content (AvgIpc) is 2.93. The molecule has 2 amide bonds. The number of nitrogens with one attached hydrogen (secondary N) is 1. The van der Waals surface area contributed by atoms with Crippen LogP contribution in [0.1, 0.15) is 31.4 Å². The summed E-state index contributed by atoms with van der Waals surface area (Å²) in [5.74, 6) is -0.594. The summed E-state index contributed by atoms with van der Waals surface area (Å²) >= 11 is 6.41. The zero-order chi connectivity index (χ0) is 28.6. The van der Waals surface area contributed by atoms with Gasteiger partial charge in [-0.2, -0.15) is 0 Å². The van der Waals surface area contributed by atoms with Gasteiger partial charge < -0.3 is 15.0 Å². The summed E-state index contributed by atoms with van der Waals surface area (Å²) in [5.41, 5.74) is 1.65. The molecule has 3 aromatic carbocycles. The van der Waals surface area contributed by atoms with E-state index >= 15 is 0 Å². The Hall–Kier alpha value is -3.56. The zero-order valence-electron chi connectivity index (χ0n) is 22.6. The van der Waals surface area contributed by atoms with E-state index in [0.717, 1.165) is 9.87 Å². The molecule has 10 heteroatoms. The molecule has 0 spiro atoms. The number of halogens is 1. The first-order valence-electron chi connectivity index (χ1n) is 12.7. The monoisotopic (exact) mass is 571 g/mol. The number of anilines is 1. The van der Waals surface area contributed by atoms with Gasteiger partial charge >= 0.3 is 0 Å². The van der Waals surface area contributed by atoms with Crippen molar-refractivity contribution >= 4 is 39.1 Å². The molecule has 0 heterocycles. The highest BCUT2D eigenvalue weighted by molar-refractivity contribution is 7.92. The third-order valence-corrected chi connectivity index (χ3v) is 8.39. The fourth-order valence-corrected chi connectivity index (χ4v) is 5.88. The number of rotatable bonds is 12. The van der Waals surface area contributed by atoms with Crippen molar-refractivity contribution in [1.82, 2.24) is 10.2 Å². The topological polar surface area (TPSA) is 96.0 Å². The zero-order valence-corrected chi connectivity index (χ0v) is 24.1. The van der Waals surface area contributed by atoms with Gasteiger partial charge in [0.05, 0.1) is 17.7 Å². The molecule has 208 valence electrons. The van der Waals surface area contributed by atoms with E-state index in [4.69, 9.17) is 16.3 Å². The molecule has 0 radical (unpaired) electrons. The lowest BCUT2D eigenvalue weighted by Crippen LogP contribution is -2.52. The highest BCUT2D eigenvalue weighted by Gasteiger charge is 2.34. The maximum Gasteiger partial charge on any atom is 0.264 e. The molecule has 0 aliphatic rings. The van der Waals surface area contributed by atoms with Crippen LogP contribution in [0, 0.1) is 6.92 Å². The maximum atomic E-state index is 14.1. The van der Waals surface area contributed by atoms with Gasteiger partial charge in [0.2, 0.25) is 11.8 Å². The van der Waals surface area contributed by atoms with Crippen molar-refractivity contribution < 1.29 is 22.7 Å².